The molecule has 1 aliphatic rings. The van der Waals surface area contributed by atoms with Crippen molar-refractivity contribution in [2.75, 3.05) is 13.1 Å². The highest BCUT2D eigenvalue weighted by molar-refractivity contribution is 5.76. The van der Waals surface area contributed by atoms with E-state index in [9.17, 15) is 4.79 Å². The Bertz CT molecular complexity index is 324. The van der Waals surface area contributed by atoms with Gasteiger partial charge in [0, 0.05) is 37.9 Å². The van der Waals surface area contributed by atoms with E-state index in [-0.39, 0.29) is 0 Å². The molecule has 1 saturated heterocycles. The van der Waals surface area contributed by atoms with E-state index < -0.39 is 0 Å². The standard InChI is InChI=1S/C13H20N2O/c1-2-5-13(16)15-10-6-12(7-11-15)14-8-3-4-9-14/h3-4,8-9,12H,2,5-7,10-11H2,1H3. The van der Waals surface area contributed by atoms with Crippen LogP contribution in [0.4, 0.5) is 0 Å². The largest absolute Gasteiger partial charge is 0.351 e. The van der Waals surface area contributed by atoms with Crippen LogP contribution >= 0.6 is 0 Å². The van der Waals surface area contributed by atoms with Crippen LogP contribution < -0.4 is 0 Å². The first-order valence-corrected chi connectivity index (χ1v) is 6.21. The van der Waals surface area contributed by atoms with E-state index in [0.717, 1.165) is 32.4 Å². The Labute approximate surface area is 97.1 Å². The van der Waals surface area contributed by atoms with Gasteiger partial charge in [0.25, 0.3) is 0 Å². The molecule has 1 aromatic heterocycles. The number of amides is 1. The molecule has 1 aromatic rings. The van der Waals surface area contributed by atoms with Gasteiger partial charge in [0.15, 0.2) is 0 Å². The monoisotopic (exact) mass is 220 g/mol. The van der Waals surface area contributed by atoms with E-state index in [1.54, 1.807) is 0 Å². The van der Waals surface area contributed by atoms with Gasteiger partial charge in [0.1, 0.15) is 0 Å². The number of hydrogen-bond acceptors (Lipinski definition) is 1. The zero-order chi connectivity index (χ0) is 11.4. The molecule has 0 unspecified atom stereocenters. The Morgan fingerprint density at radius 1 is 1.25 bits per heavy atom. The number of rotatable bonds is 3. The van der Waals surface area contributed by atoms with Crippen LogP contribution in [0.3, 0.4) is 0 Å². The molecule has 0 saturated carbocycles. The number of piperidine rings is 1. The highest BCUT2D eigenvalue weighted by atomic mass is 16.2. The van der Waals surface area contributed by atoms with Gasteiger partial charge in [-0.2, -0.15) is 0 Å². The van der Waals surface area contributed by atoms with Gasteiger partial charge in [-0.1, -0.05) is 6.92 Å². The normalized spacial score (nSPS) is 17.7. The van der Waals surface area contributed by atoms with E-state index in [1.807, 2.05) is 4.90 Å². The molecule has 0 spiro atoms. The molecule has 2 heterocycles. The minimum atomic E-state index is 0.327. The van der Waals surface area contributed by atoms with Crippen molar-refractivity contribution < 1.29 is 4.79 Å². The second kappa shape index (κ2) is 5.19. The Hall–Kier alpha value is -1.25. The summed E-state index contributed by atoms with van der Waals surface area (Å²) in [6.07, 6.45) is 8.07. The van der Waals surface area contributed by atoms with Crippen molar-refractivity contribution >= 4 is 5.91 Å². The van der Waals surface area contributed by atoms with E-state index >= 15 is 0 Å². The van der Waals surface area contributed by atoms with Crippen LogP contribution in [0.25, 0.3) is 0 Å². The summed E-state index contributed by atoms with van der Waals surface area (Å²) in [6.45, 7) is 3.90. The summed E-state index contributed by atoms with van der Waals surface area (Å²) in [7, 11) is 0. The molecule has 3 nitrogen and oxygen atoms in total. The van der Waals surface area contributed by atoms with E-state index in [4.69, 9.17) is 0 Å². The quantitative estimate of drug-likeness (QED) is 0.768. The lowest BCUT2D eigenvalue weighted by Crippen LogP contribution is -2.38. The van der Waals surface area contributed by atoms with Gasteiger partial charge in [-0.05, 0) is 31.4 Å². The predicted molar refractivity (Wildman–Crippen MR) is 64.2 cm³/mol. The lowest BCUT2D eigenvalue weighted by molar-refractivity contribution is -0.132. The Morgan fingerprint density at radius 2 is 1.88 bits per heavy atom. The van der Waals surface area contributed by atoms with Gasteiger partial charge in [-0.25, -0.2) is 0 Å². The zero-order valence-electron chi connectivity index (χ0n) is 9.93. The van der Waals surface area contributed by atoms with Crippen LogP contribution in [-0.2, 0) is 4.79 Å². The van der Waals surface area contributed by atoms with Crippen molar-refractivity contribution in [3.63, 3.8) is 0 Å². The molecule has 1 fully saturated rings. The molecule has 88 valence electrons. The number of nitrogens with zero attached hydrogens (tertiary/aromatic N) is 2. The fourth-order valence-corrected chi connectivity index (χ4v) is 2.38. The van der Waals surface area contributed by atoms with Gasteiger partial charge in [-0.3, -0.25) is 4.79 Å². The summed E-state index contributed by atoms with van der Waals surface area (Å²) in [5, 5.41) is 0. The summed E-state index contributed by atoms with van der Waals surface area (Å²) < 4.78 is 2.27. The maximum Gasteiger partial charge on any atom is 0.222 e. The van der Waals surface area contributed by atoms with Crippen LogP contribution in [0.5, 0.6) is 0 Å². The van der Waals surface area contributed by atoms with Gasteiger partial charge >= 0.3 is 0 Å². The summed E-state index contributed by atoms with van der Waals surface area (Å²) in [5.41, 5.74) is 0. The van der Waals surface area contributed by atoms with Crippen molar-refractivity contribution in [3.05, 3.63) is 24.5 Å². The third-order valence-electron chi connectivity index (χ3n) is 3.33. The fraction of sp³-hybridized carbons (Fsp3) is 0.615. The Morgan fingerprint density at radius 3 is 2.44 bits per heavy atom. The maximum atomic E-state index is 11.7. The molecule has 2 rings (SSSR count). The summed E-state index contributed by atoms with van der Waals surface area (Å²) in [4.78, 5) is 13.7. The molecule has 3 heteroatoms. The number of likely N-dealkylation sites (tertiary alicyclic amines) is 1. The second-order valence-electron chi connectivity index (χ2n) is 4.49. The highest BCUT2D eigenvalue weighted by Crippen LogP contribution is 2.22. The zero-order valence-corrected chi connectivity index (χ0v) is 9.93. The van der Waals surface area contributed by atoms with E-state index in [0.29, 0.717) is 18.4 Å². The summed E-state index contributed by atoms with van der Waals surface area (Å²) >= 11 is 0. The first-order valence-electron chi connectivity index (χ1n) is 6.21. The molecule has 0 aromatic carbocycles. The van der Waals surface area contributed by atoms with Gasteiger partial charge < -0.3 is 9.47 Å². The smallest absolute Gasteiger partial charge is 0.222 e. The van der Waals surface area contributed by atoms with Crippen molar-refractivity contribution in [2.24, 2.45) is 0 Å². The van der Waals surface area contributed by atoms with Crippen LogP contribution in [0, 0.1) is 0 Å². The number of aromatic nitrogens is 1. The van der Waals surface area contributed by atoms with Crippen LogP contribution in [0.15, 0.2) is 24.5 Å². The molecular weight excluding hydrogens is 200 g/mol. The maximum absolute atomic E-state index is 11.7. The summed E-state index contributed by atoms with van der Waals surface area (Å²) in [5.74, 6) is 0.327. The number of carbonyl (C=O) groups is 1. The highest BCUT2D eigenvalue weighted by Gasteiger charge is 2.22. The summed E-state index contributed by atoms with van der Waals surface area (Å²) in [6, 6.07) is 4.71. The van der Waals surface area contributed by atoms with Gasteiger partial charge in [0.2, 0.25) is 5.91 Å². The minimum absolute atomic E-state index is 0.327. The van der Waals surface area contributed by atoms with Crippen molar-refractivity contribution in [1.82, 2.24) is 9.47 Å². The van der Waals surface area contributed by atoms with Crippen LogP contribution in [0.2, 0.25) is 0 Å². The van der Waals surface area contributed by atoms with Crippen molar-refractivity contribution in [3.8, 4) is 0 Å². The first-order chi connectivity index (χ1) is 7.81. The second-order valence-corrected chi connectivity index (χ2v) is 4.49. The lowest BCUT2D eigenvalue weighted by Gasteiger charge is -2.32. The van der Waals surface area contributed by atoms with E-state index in [1.165, 1.54) is 0 Å². The minimum Gasteiger partial charge on any atom is -0.351 e. The molecule has 1 aliphatic heterocycles. The first kappa shape index (κ1) is 11.2. The number of hydrogen-bond donors (Lipinski definition) is 0. The third-order valence-corrected chi connectivity index (χ3v) is 3.33. The average Bonchev–Trinajstić information content (AvgIpc) is 2.83. The SMILES string of the molecule is CCCC(=O)N1CCC(n2cccc2)CC1. The average molecular weight is 220 g/mol. The molecule has 0 bridgehead atoms. The molecule has 0 aliphatic carbocycles. The van der Waals surface area contributed by atoms with Gasteiger partial charge in [-0.15, -0.1) is 0 Å². The molecule has 16 heavy (non-hydrogen) atoms. The molecule has 0 atom stereocenters. The molecule has 1 amide bonds. The van der Waals surface area contributed by atoms with Crippen molar-refractivity contribution in [1.29, 1.82) is 0 Å². The van der Waals surface area contributed by atoms with Gasteiger partial charge in [0.05, 0.1) is 0 Å². The molecule has 0 N–H and O–H groups in total. The third kappa shape index (κ3) is 2.46. The Balaban J connectivity index is 1.85. The van der Waals surface area contributed by atoms with Crippen LogP contribution in [-0.4, -0.2) is 28.5 Å². The van der Waals surface area contributed by atoms with Crippen LogP contribution in [0.1, 0.15) is 38.6 Å². The molecular formula is C13H20N2O. The lowest BCUT2D eigenvalue weighted by atomic mass is 10.0. The topological polar surface area (TPSA) is 25.2 Å². The number of carbonyl (C=O) groups excluding carboxylic acids is 1. The fourth-order valence-electron chi connectivity index (χ4n) is 2.38. The van der Waals surface area contributed by atoms with Crippen molar-refractivity contribution in [2.45, 2.75) is 38.6 Å². The Kier molecular flexibility index (Phi) is 3.65. The predicted octanol–water partition coefficient (Wildman–Crippen LogP) is 2.45. The molecule has 0 radical (unpaired) electrons. The van der Waals surface area contributed by atoms with E-state index in [2.05, 4.69) is 36.0 Å².